The van der Waals surface area contributed by atoms with Crippen LogP contribution in [0.4, 0.5) is 0 Å². The molecule has 0 aliphatic rings. The molecule has 606 valence electrons. The summed E-state index contributed by atoms with van der Waals surface area (Å²) in [4.78, 5) is 73.1. The second kappa shape index (κ2) is 74.5. The lowest BCUT2D eigenvalue weighted by molar-refractivity contribution is -0.161. The normalized spacial score (nSPS) is 13.9. The fourth-order valence-electron chi connectivity index (χ4n) is 12.9. The van der Waals surface area contributed by atoms with E-state index in [1.54, 1.807) is 0 Å². The van der Waals surface area contributed by atoms with Crippen molar-refractivity contribution < 1.29 is 80.2 Å². The number of rotatable bonds is 82. The molecule has 0 radical (unpaired) electrons. The highest BCUT2D eigenvalue weighted by Gasteiger charge is 2.30. The number of carbonyl (C=O) groups is 4. The molecular formula is C83H162O17P2. The molecule has 0 rings (SSSR count). The van der Waals surface area contributed by atoms with Gasteiger partial charge in [0.15, 0.2) is 12.2 Å². The third kappa shape index (κ3) is 76.3. The van der Waals surface area contributed by atoms with Crippen LogP contribution < -0.4 is 0 Å². The monoisotopic (exact) mass is 1490 g/mol. The molecular weight excluding hydrogens is 1330 g/mol. The maximum Gasteiger partial charge on any atom is 0.472 e. The van der Waals surface area contributed by atoms with Crippen molar-refractivity contribution in [3.8, 4) is 0 Å². The van der Waals surface area contributed by atoms with Gasteiger partial charge in [-0.1, -0.05) is 388 Å². The molecule has 0 aromatic carbocycles. The minimum absolute atomic E-state index is 0.106. The number of hydrogen-bond acceptors (Lipinski definition) is 15. The van der Waals surface area contributed by atoms with E-state index in [2.05, 4.69) is 41.5 Å². The molecule has 0 bridgehead atoms. The van der Waals surface area contributed by atoms with Gasteiger partial charge in [-0.2, -0.15) is 0 Å². The van der Waals surface area contributed by atoms with Crippen molar-refractivity contribution >= 4 is 39.5 Å². The first-order chi connectivity index (χ1) is 49.4. The number of aliphatic hydroxyl groups is 1. The highest BCUT2D eigenvalue weighted by molar-refractivity contribution is 7.47. The second-order valence-electron chi connectivity index (χ2n) is 30.8. The van der Waals surface area contributed by atoms with E-state index in [0.717, 1.165) is 102 Å². The summed E-state index contributed by atoms with van der Waals surface area (Å²) < 4.78 is 68.8. The molecule has 0 aromatic heterocycles. The fraction of sp³-hybridized carbons (Fsp3) is 0.952. The third-order valence-corrected chi connectivity index (χ3v) is 21.4. The van der Waals surface area contributed by atoms with Crippen LogP contribution in [-0.2, 0) is 65.4 Å². The lowest BCUT2D eigenvalue weighted by Gasteiger charge is -2.21. The quantitative estimate of drug-likeness (QED) is 0.0222. The molecule has 2 unspecified atom stereocenters. The Morgan fingerprint density at radius 2 is 0.451 bits per heavy atom. The number of carbonyl (C=O) groups excluding carboxylic acids is 4. The summed E-state index contributed by atoms with van der Waals surface area (Å²) in [5.74, 6) is -0.611. The Labute approximate surface area is 626 Å². The van der Waals surface area contributed by atoms with Crippen LogP contribution >= 0.6 is 15.6 Å². The van der Waals surface area contributed by atoms with E-state index in [4.69, 9.17) is 37.0 Å². The van der Waals surface area contributed by atoms with Gasteiger partial charge in [-0.25, -0.2) is 9.13 Å². The van der Waals surface area contributed by atoms with Gasteiger partial charge in [0.05, 0.1) is 26.4 Å². The fourth-order valence-corrected chi connectivity index (χ4v) is 14.5. The molecule has 0 amide bonds. The maximum absolute atomic E-state index is 13.1. The maximum atomic E-state index is 13.1. The molecule has 0 aliphatic heterocycles. The molecule has 0 fully saturated rings. The van der Waals surface area contributed by atoms with Crippen molar-refractivity contribution in [1.82, 2.24) is 0 Å². The van der Waals surface area contributed by atoms with E-state index in [1.165, 1.54) is 257 Å². The number of phosphoric ester groups is 2. The number of esters is 4. The van der Waals surface area contributed by atoms with Crippen molar-refractivity contribution in [2.75, 3.05) is 39.6 Å². The lowest BCUT2D eigenvalue weighted by atomic mass is 10.0. The van der Waals surface area contributed by atoms with Crippen molar-refractivity contribution in [3.63, 3.8) is 0 Å². The van der Waals surface area contributed by atoms with Gasteiger partial charge < -0.3 is 33.8 Å². The Bertz CT molecular complexity index is 1960. The Kier molecular flexibility index (Phi) is 73.1. The molecule has 5 atom stereocenters. The third-order valence-electron chi connectivity index (χ3n) is 19.5. The average molecular weight is 1490 g/mol. The topological polar surface area (TPSA) is 237 Å². The Balaban J connectivity index is 5.24. The zero-order valence-electron chi connectivity index (χ0n) is 66.9. The molecule has 17 nitrogen and oxygen atoms in total. The summed E-state index contributed by atoms with van der Waals surface area (Å²) in [6.07, 6.45) is 65.3. The zero-order chi connectivity index (χ0) is 74.9. The molecule has 0 heterocycles. The van der Waals surface area contributed by atoms with E-state index in [9.17, 15) is 43.2 Å². The van der Waals surface area contributed by atoms with Crippen molar-refractivity contribution in [3.05, 3.63) is 0 Å². The number of ether oxygens (including phenoxy) is 4. The standard InChI is InChI=1S/C83H162O17P2/c1-7-9-11-13-15-17-19-21-23-25-26-27-28-29-31-33-35-42-49-55-61-67-82(87)99-78(71-93-80(85)65-59-53-47-41-34-32-30-24-22-20-18-16-14-12-10-8-2)73-97-101(89,90)95-69-77(84)70-96-102(91,92)98-74-79(72-94-81(86)66-60-54-48-44-38-40-46-52-58-64-76(5)6)100-83(88)68-62-56-50-43-37-36-39-45-51-57-63-75(3)4/h75-79,84H,7-74H2,1-6H3,(H,89,90)(H,91,92)/t77-,78-,79-/m1/s1. The second-order valence-corrected chi connectivity index (χ2v) is 33.7. The Morgan fingerprint density at radius 1 is 0.265 bits per heavy atom. The van der Waals surface area contributed by atoms with Crippen molar-refractivity contribution in [2.45, 2.75) is 458 Å². The highest BCUT2D eigenvalue weighted by atomic mass is 31.2. The van der Waals surface area contributed by atoms with E-state index in [1.807, 2.05) is 0 Å². The van der Waals surface area contributed by atoms with Crippen LogP contribution in [0.2, 0.25) is 0 Å². The Morgan fingerprint density at radius 3 is 0.667 bits per heavy atom. The molecule has 19 heteroatoms. The van der Waals surface area contributed by atoms with Gasteiger partial charge >= 0.3 is 39.5 Å². The van der Waals surface area contributed by atoms with Crippen LogP contribution in [0.3, 0.4) is 0 Å². The van der Waals surface area contributed by atoms with E-state index >= 15 is 0 Å². The summed E-state index contributed by atoms with van der Waals surface area (Å²) >= 11 is 0. The molecule has 0 saturated carbocycles. The lowest BCUT2D eigenvalue weighted by Crippen LogP contribution is -2.30. The predicted octanol–water partition coefficient (Wildman–Crippen LogP) is 25.1. The van der Waals surface area contributed by atoms with Crippen molar-refractivity contribution in [2.24, 2.45) is 11.8 Å². The molecule has 102 heavy (non-hydrogen) atoms. The van der Waals surface area contributed by atoms with Crippen molar-refractivity contribution in [1.29, 1.82) is 0 Å². The number of unbranched alkanes of at least 4 members (excludes halogenated alkanes) is 52. The molecule has 0 aliphatic carbocycles. The van der Waals surface area contributed by atoms with Gasteiger partial charge in [-0.15, -0.1) is 0 Å². The first kappa shape index (κ1) is 100. The van der Waals surface area contributed by atoms with E-state index in [-0.39, 0.29) is 25.7 Å². The van der Waals surface area contributed by atoms with Crippen LogP contribution in [0.5, 0.6) is 0 Å². The molecule has 3 N–H and O–H groups in total. The number of aliphatic hydroxyl groups excluding tert-OH is 1. The van der Waals surface area contributed by atoms with Gasteiger partial charge in [-0.3, -0.25) is 37.3 Å². The minimum Gasteiger partial charge on any atom is -0.462 e. The van der Waals surface area contributed by atoms with Gasteiger partial charge in [0.2, 0.25) is 0 Å². The van der Waals surface area contributed by atoms with E-state index in [0.29, 0.717) is 25.7 Å². The smallest absolute Gasteiger partial charge is 0.462 e. The van der Waals surface area contributed by atoms with Crippen LogP contribution in [0.25, 0.3) is 0 Å². The summed E-state index contributed by atoms with van der Waals surface area (Å²) in [5.41, 5.74) is 0. The predicted molar refractivity (Wildman–Crippen MR) is 418 cm³/mol. The average Bonchev–Trinajstić information content (AvgIpc) is 0.917. The molecule has 0 saturated heterocycles. The first-order valence-corrected chi connectivity index (χ1v) is 46.0. The summed E-state index contributed by atoms with van der Waals surface area (Å²) in [6, 6.07) is 0. The summed E-state index contributed by atoms with van der Waals surface area (Å²) in [6.45, 7) is 9.62. The summed E-state index contributed by atoms with van der Waals surface area (Å²) in [5, 5.41) is 10.7. The first-order valence-electron chi connectivity index (χ1n) is 43.0. The number of hydrogen-bond donors (Lipinski definition) is 3. The van der Waals surface area contributed by atoms with Crippen LogP contribution in [0, 0.1) is 11.8 Å². The van der Waals surface area contributed by atoms with Crippen LogP contribution in [0.1, 0.15) is 440 Å². The van der Waals surface area contributed by atoms with Gasteiger partial charge in [-0.05, 0) is 37.5 Å². The molecule has 0 spiro atoms. The number of phosphoric acid groups is 2. The van der Waals surface area contributed by atoms with Crippen LogP contribution in [-0.4, -0.2) is 96.7 Å². The largest absolute Gasteiger partial charge is 0.472 e. The molecule has 0 aromatic rings. The van der Waals surface area contributed by atoms with Gasteiger partial charge in [0.1, 0.15) is 19.3 Å². The van der Waals surface area contributed by atoms with E-state index < -0.39 is 97.5 Å². The SMILES string of the molecule is CCCCCCCCCCCCCCCCCCCCCCCC(=O)O[C@H](COC(=O)CCCCCCCCCCCCCCCCCC)COP(=O)(O)OC[C@@H](O)COP(=O)(O)OC[C@@H](COC(=O)CCCCCCCCCCCC(C)C)OC(=O)CCCCCCCCCCCCC(C)C. The van der Waals surface area contributed by atoms with Gasteiger partial charge in [0, 0.05) is 25.7 Å². The highest BCUT2D eigenvalue weighted by Crippen LogP contribution is 2.45. The minimum atomic E-state index is -4.96. The van der Waals surface area contributed by atoms with Gasteiger partial charge in [0.25, 0.3) is 0 Å². The zero-order valence-corrected chi connectivity index (χ0v) is 68.7. The summed E-state index contributed by atoms with van der Waals surface area (Å²) in [7, 11) is -9.92. The van der Waals surface area contributed by atoms with Crippen LogP contribution in [0.15, 0.2) is 0 Å². The Hall–Kier alpha value is -1.94.